The van der Waals surface area contributed by atoms with Gasteiger partial charge in [-0.25, -0.2) is 4.99 Å². The Hall–Kier alpha value is -1.59. The highest BCUT2D eigenvalue weighted by Crippen LogP contribution is 2.33. The van der Waals surface area contributed by atoms with E-state index in [4.69, 9.17) is 15.6 Å². The zero-order valence-corrected chi connectivity index (χ0v) is 12.1. The van der Waals surface area contributed by atoms with Crippen LogP contribution >= 0.6 is 0 Å². The molecule has 1 aliphatic rings. The van der Waals surface area contributed by atoms with Gasteiger partial charge in [0.05, 0.1) is 24.5 Å². The highest BCUT2D eigenvalue weighted by molar-refractivity contribution is 5.96. The van der Waals surface area contributed by atoms with Crippen molar-refractivity contribution in [1.29, 1.82) is 0 Å². The first-order chi connectivity index (χ1) is 9.67. The largest absolute Gasteiger partial charge is 0.394 e. The molecule has 1 aliphatic heterocycles. The standard InChI is InChI=1S/C15H23N3O2/c1-3-4-9-17-15(16)13-7-6-12(18(13)2)14-8-5-11(10-19)20-14/h4,6-7,9,11,14,19H,3,5,8,10H2,1-2H3,(H2,16,17)/b9-4+. The summed E-state index contributed by atoms with van der Waals surface area (Å²) in [5, 5.41) is 9.14. The summed E-state index contributed by atoms with van der Waals surface area (Å²) < 4.78 is 7.82. The summed E-state index contributed by atoms with van der Waals surface area (Å²) in [6, 6.07) is 3.98. The van der Waals surface area contributed by atoms with E-state index in [0.29, 0.717) is 5.84 Å². The van der Waals surface area contributed by atoms with Gasteiger partial charge in [0.2, 0.25) is 0 Å². The summed E-state index contributed by atoms with van der Waals surface area (Å²) in [5.41, 5.74) is 7.96. The smallest absolute Gasteiger partial charge is 0.147 e. The first kappa shape index (κ1) is 14.8. The van der Waals surface area contributed by atoms with E-state index >= 15 is 0 Å². The average molecular weight is 277 g/mol. The molecule has 0 radical (unpaired) electrons. The van der Waals surface area contributed by atoms with Crippen LogP contribution in [0.2, 0.25) is 0 Å². The van der Waals surface area contributed by atoms with Crippen molar-refractivity contribution in [2.24, 2.45) is 17.8 Å². The molecule has 2 unspecified atom stereocenters. The van der Waals surface area contributed by atoms with Crippen LogP contribution in [0.5, 0.6) is 0 Å². The van der Waals surface area contributed by atoms with Gasteiger partial charge in [-0.1, -0.05) is 13.0 Å². The Kier molecular flexibility index (Phi) is 4.98. The Morgan fingerprint density at radius 3 is 3.00 bits per heavy atom. The topological polar surface area (TPSA) is 72.8 Å². The Balaban J connectivity index is 2.15. The van der Waals surface area contributed by atoms with Crippen LogP contribution in [0, 0.1) is 0 Å². The fourth-order valence-electron chi connectivity index (χ4n) is 2.47. The summed E-state index contributed by atoms with van der Waals surface area (Å²) in [4.78, 5) is 4.23. The molecule has 1 aromatic rings. The summed E-state index contributed by atoms with van der Waals surface area (Å²) in [6.45, 7) is 2.14. The first-order valence-electron chi connectivity index (χ1n) is 7.08. The molecule has 0 amide bonds. The lowest BCUT2D eigenvalue weighted by molar-refractivity contribution is 0.00814. The van der Waals surface area contributed by atoms with Gasteiger partial charge in [-0.05, 0) is 31.4 Å². The molecule has 5 nitrogen and oxygen atoms in total. The van der Waals surface area contributed by atoms with Crippen molar-refractivity contribution in [1.82, 2.24) is 4.57 Å². The van der Waals surface area contributed by atoms with E-state index in [1.807, 2.05) is 29.8 Å². The molecule has 0 bridgehead atoms. The van der Waals surface area contributed by atoms with Crippen molar-refractivity contribution in [3.8, 4) is 0 Å². The number of allylic oxidation sites excluding steroid dienone is 1. The van der Waals surface area contributed by atoms with Crippen molar-refractivity contribution >= 4 is 5.84 Å². The van der Waals surface area contributed by atoms with Crippen LogP contribution in [-0.2, 0) is 11.8 Å². The van der Waals surface area contributed by atoms with Gasteiger partial charge < -0.3 is 20.1 Å². The first-order valence-corrected chi connectivity index (χ1v) is 7.08. The van der Waals surface area contributed by atoms with Crippen LogP contribution < -0.4 is 5.73 Å². The highest BCUT2D eigenvalue weighted by atomic mass is 16.5. The maximum absolute atomic E-state index is 9.14. The van der Waals surface area contributed by atoms with Crippen molar-refractivity contribution in [3.05, 3.63) is 35.8 Å². The molecular formula is C15H23N3O2. The quantitative estimate of drug-likeness (QED) is 0.637. The second-order valence-electron chi connectivity index (χ2n) is 5.02. The van der Waals surface area contributed by atoms with E-state index in [9.17, 15) is 0 Å². The third-order valence-corrected chi connectivity index (χ3v) is 3.62. The second kappa shape index (κ2) is 6.72. The maximum atomic E-state index is 9.14. The molecule has 1 fully saturated rings. The lowest BCUT2D eigenvalue weighted by Crippen LogP contribution is -2.18. The number of aliphatic imine (C=N–C) groups is 1. The molecular weight excluding hydrogens is 254 g/mol. The molecule has 1 aromatic heterocycles. The molecule has 0 spiro atoms. The van der Waals surface area contributed by atoms with E-state index in [-0.39, 0.29) is 18.8 Å². The molecule has 20 heavy (non-hydrogen) atoms. The molecule has 110 valence electrons. The number of amidine groups is 1. The van der Waals surface area contributed by atoms with E-state index in [1.54, 1.807) is 6.20 Å². The molecule has 3 N–H and O–H groups in total. The van der Waals surface area contributed by atoms with E-state index < -0.39 is 0 Å². The summed E-state index contributed by atoms with van der Waals surface area (Å²) in [5.74, 6) is 0.500. The molecule has 0 aliphatic carbocycles. The van der Waals surface area contributed by atoms with E-state index in [0.717, 1.165) is 30.7 Å². The zero-order chi connectivity index (χ0) is 14.5. The van der Waals surface area contributed by atoms with Crippen LogP contribution in [-0.4, -0.2) is 28.2 Å². The zero-order valence-electron chi connectivity index (χ0n) is 12.1. The molecule has 0 aromatic carbocycles. The fourth-order valence-corrected chi connectivity index (χ4v) is 2.47. The van der Waals surface area contributed by atoms with Gasteiger partial charge in [0.1, 0.15) is 5.84 Å². The van der Waals surface area contributed by atoms with Gasteiger partial charge in [-0.3, -0.25) is 0 Å². The lowest BCUT2D eigenvalue weighted by atomic mass is 10.1. The molecule has 2 heterocycles. The molecule has 0 saturated carbocycles. The summed E-state index contributed by atoms with van der Waals surface area (Å²) in [6.07, 6.45) is 6.44. The molecule has 1 saturated heterocycles. The van der Waals surface area contributed by atoms with Crippen molar-refractivity contribution in [2.45, 2.75) is 38.4 Å². The Labute approximate surface area is 119 Å². The van der Waals surface area contributed by atoms with Crippen LogP contribution in [0.3, 0.4) is 0 Å². The number of aromatic nitrogens is 1. The monoisotopic (exact) mass is 277 g/mol. The number of nitrogens with zero attached hydrogens (tertiary/aromatic N) is 2. The third kappa shape index (κ3) is 3.11. The number of aliphatic hydroxyl groups excluding tert-OH is 1. The van der Waals surface area contributed by atoms with Gasteiger partial charge in [0.25, 0.3) is 0 Å². The predicted octanol–water partition coefficient (Wildman–Crippen LogP) is 1.87. The number of hydrogen-bond donors (Lipinski definition) is 2. The third-order valence-electron chi connectivity index (χ3n) is 3.62. The van der Waals surface area contributed by atoms with Crippen molar-refractivity contribution in [3.63, 3.8) is 0 Å². The van der Waals surface area contributed by atoms with Crippen LogP contribution in [0.1, 0.15) is 43.7 Å². The van der Waals surface area contributed by atoms with E-state index in [1.165, 1.54) is 0 Å². The van der Waals surface area contributed by atoms with Gasteiger partial charge in [0, 0.05) is 18.9 Å². The summed E-state index contributed by atoms with van der Waals surface area (Å²) in [7, 11) is 1.96. The van der Waals surface area contributed by atoms with Crippen LogP contribution in [0.15, 0.2) is 29.4 Å². The average Bonchev–Trinajstić information content (AvgIpc) is 3.05. The number of ether oxygens (including phenoxy) is 1. The number of rotatable bonds is 5. The van der Waals surface area contributed by atoms with E-state index in [2.05, 4.69) is 11.9 Å². The normalized spacial score (nSPS) is 23.9. The molecule has 2 atom stereocenters. The Morgan fingerprint density at radius 2 is 2.35 bits per heavy atom. The minimum Gasteiger partial charge on any atom is -0.394 e. The van der Waals surface area contributed by atoms with Crippen molar-refractivity contribution in [2.75, 3.05) is 6.61 Å². The fraction of sp³-hybridized carbons (Fsp3) is 0.533. The number of hydrogen-bond acceptors (Lipinski definition) is 3. The van der Waals surface area contributed by atoms with Crippen molar-refractivity contribution < 1.29 is 9.84 Å². The SMILES string of the molecule is CC/C=C/N=C(N)c1ccc(C2CCC(CO)O2)n1C. The number of aliphatic hydroxyl groups is 1. The Morgan fingerprint density at radius 1 is 1.55 bits per heavy atom. The maximum Gasteiger partial charge on any atom is 0.147 e. The minimum absolute atomic E-state index is 0.0323. The second-order valence-corrected chi connectivity index (χ2v) is 5.02. The summed E-state index contributed by atoms with van der Waals surface area (Å²) >= 11 is 0. The van der Waals surface area contributed by atoms with Gasteiger partial charge >= 0.3 is 0 Å². The van der Waals surface area contributed by atoms with Crippen LogP contribution in [0.4, 0.5) is 0 Å². The molecule has 2 rings (SSSR count). The Bertz CT molecular complexity index is 505. The van der Waals surface area contributed by atoms with Crippen LogP contribution in [0.25, 0.3) is 0 Å². The lowest BCUT2D eigenvalue weighted by Gasteiger charge is -2.14. The predicted molar refractivity (Wildman–Crippen MR) is 79.5 cm³/mol. The van der Waals surface area contributed by atoms with Gasteiger partial charge in [-0.15, -0.1) is 0 Å². The van der Waals surface area contributed by atoms with Gasteiger partial charge in [0.15, 0.2) is 0 Å². The highest BCUT2D eigenvalue weighted by Gasteiger charge is 2.28. The molecule has 5 heteroatoms. The minimum atomic E-state index is -0.0446. The number of nitrogens with two attached hydrogens (primary N) is 1. The van der Waals surface area contributed by atoms with Gasteiger partial charge in [-0.2, -0.15) is 0 Å².